The lowest BCUT2D eigenvalue weighted by Crippen LogP contribution is -2.41. The highest BCUT2D eigenvalue weighted by molar-refractivity contribution is 5.75. The van der Waals surface area contributed by atoms with Crippen LogP contribution >= 0.6 is 0 Å². The Morgan fingerprint density at radius 2 is 1.56 bits per heavy atom. The van der Waals surface area contributed by atoms with E-state index in [9.17, 15) is 14.7 Å². The van der Waals surface area contributed by atoms with Crippen molar-refractivity contribution in [1.29, 1.82) is 0 Å². The zero-order chi connectivity index (χ0) is 26.1. The summed E-state index contributed by atoms with van der Waals surface area (Å²) in [6.07, 6.45) is 3.47. The van der Waals surface area contributed by atoms with E-state index in [4.69, 9.17) is 4.74 Å². The van der Waals surface area contributed by atoms with Crippen molar-refractivity contribution < 1.29 is 19.4 Å². The second kappa shape index (κ2) is 12.5. The molecule has 0 aliphatic carbocycles. The number of hydrogen-bond acceptors (Lipinski definition) is 5. The number of carbonyl (C=O) groups is 2. The minimum atomic E-state index is -0.945. The molecule has 1 heterocycles. The highest BCUT2D eigenvalue weighted by Gasteiger charge is 2.39. The average Bonchev–Trinajstić information content (AvgIpc) is 2.85. The van der Waals surface area contributed by atoms with Crippen LogP contribution in [0.1, 0.15) is 69.3 Å². The van der Waals surface area contributed by atoms with Crippen LogP contribution in [0.15, 0.2) is 85.2 Å². The van der Waals surface area contributed by atoms with E-state index in [0.717, 1.165) is 16.7 Å². The van der Waals surface area contributed by atoms with Crippen molar-refractivity contribution in [3.8, 4) is 0 Å². The van der Waals surface area contributed by atoms with Crippen LogP contribution in [0.2, 0.25) is 0 Å². The first-order chi connectivity index (χ1) is 17.2. The Kier molecular flexibility index (Phi) is 9.37. The zero-order valence-corrected chi connectivity index (χ0v) is 21.5. The van der Waals surface area contributed by atoms with Gasteiger partial charge in [-0.2, -0.15) is 0 Å². The lowest BCUT2D eigenvalue weighted by Gasteiger charge is -2.41. The van der Waals surface area contributed by atoms with E-state index < -0.39 is 29.5 Å². The van der Waals surface area contributed by atoms with Gasteiger partial charge in [0.2, 0.25) is 0 Å². The van der Waals surface area contributed by atoms with E-state index in [2.05, 4.69) is 41.1 Å². The van der Waals surface area contributed by atoms with E-state index in [1.807, 2.05) is 69.3 Å². The van der Waals surface area contributed by atoms with Crippen molar-refractivity contribution in [1.82, 2.24) is 9.88 Å². The van der Waals surface area contributed by atoms with Gasteiger partial charge in [-0.15, -0.1) is 0 Å². The van der Waals surface area contributed by atoms with Gasteiger partial charge in [0.15, 0.2) is 0 Å². The maximum absolute atomic E-state index is 13.6. The SMILES string of the molecule is C[C@H](c1ccccc1)N(Cc1ccccc1)C(c1cccnc1)[C@H](CCC(=O)O)C(=O)OC(C)(C)C. The number of carboxylic acid groups (broad SMARTS) is 1. The summed E-state index contributed by atoms with van der Waals surface area (Å²) >= 11 is 0. The molecule has 1 N–H and O–H groups in total. The summed E-state index contributed by atoms with van der Waals surface area (Å²) in [5, 5.41) is 9.51. The highest BCUT2D eigenvalue weighted by atomic mass is 16.6. The first-order valence-electron chi connectivity index (χ1n) is 12.3. The molecular formula is C30H36N2O4. The van der Waals surface area contributed by atoms with Gasteiger partial charge in [-0.05, 0) is 56.9 Å². The zero-order valence-electron chi connectivity index (χ0n) is 21.5. The van der Waals surface area contributed by atoms with Gasteiger partial charge in [0.25, 0.3) is 0 Å². The first kappa shape index (κ1) is 27.1. The van der Waals surface area contributed by atoms with Crippen LogP contribution in [0.5, 0.6) is 0 Å². The summed E-state index contributed by atoms with van der Waals surface area (Å²) < 4.78 is 5.84. The molecule has 2 aromatic carbocycles. The molecule has 0 aliphatic rings. The van der Waals surface area contributed by atoms with E-state index >= 15 is 0 Å². The number of ether oxygens (including phenoxy) is 1. The molecule has 36 heavy (non-hydrogen) atoms. The Labute approximate surface area is 214 Å². The van der Waals surface area contributed by atoms with Gasteiger partial charge in [-0.3, -0.25) is 19.5 Å². The molecule has 6 nitrogen and oxygen atoms in total. The van der Waals surface area contributed by atoms with Crippen molar-refractivity contribution in [3.05, 3.63) is 102 Å². The molecule has 0 radical (unpaired) electrons. The fraction of sp³-hybridized carbons (Fsp3) is 0.367. The summed E-state index contributed by atoms with van der Waals surface area (Å²) in [7, 11) is 0. The fourth-order valence-corrected chi connectivity index (χ4v) is 4.46. The number of rotatable bonds is 11. The number of pyridine rings is 1. The lowest BCUT2D eigenvalue weighted by molar-refractivity contribution is -0.164. The Morgan fingerprint density at radius 1 is 0.944 bits per heavy atom. The van der Waals surface area contributed by atoms with Gasteiger partial charge < -0.3 is 9.84 Å². The summed E-state index contributed by atoms with van der Waals surface area (Å²) in [6, 6.07) is 23.5. The third-order valence-corrected chi connectivity index (χ3v) is 6.13. The summed E-state index contributed by atoms with van der Waals surface area (Å²) in [6.45, 7) is 8.15. The van der Waals surface area contributed by atoms with E-state index in [0.29, 0.717) is 6.54 Å². The molecule has 190 valence electrons. The largest absolute Gasteiger partial charge is 0.481 e. The summed E-state index contributed by atoms with van der Waals surface area (Å²) in [5.41, 5.74) is 2.34. The molecule has 0 bridgehead atoms. The third kappa shape index (κ3) is 7.75. The van der Waals surface area contributed by atoms with E-state index in [1.165, 1.54) is 0 Å². The number of carboxylic acids is 1. The van der Waals surface area contributed by atoms with Crippen molar-refractivity contribution in [2.45, 2.75) is 64.8 Å². The molecule has 0 saturated carbocycles. The van der Waals surface area contributed by atoms with E-state index in [1.54, 1.807) is 12.4 Å². The van der Waals surface area contributed by atoms with Crippen LogP contribution in [0.4, 0.5) is 0 Å². The number of hydrogen-bond donors (Lipinski definition) is 1. The predicted octanol–water partition coefficient (Wildman–Crippen LogP) is 6.21. The van der Waals surface area contributed by atoms with E-state index in [-0.39, 0.29) is 18.9 Å². The van der Waals surface area contributed by atoms with Crippen LogP contribution in [-0.4, -0.2) is 32.5 Å². The van der Waals surface area contributed by atoms with Crippen molar-refractivity contribution >= 4 is 11.9 Å². The second-order valence-corrected chi connectivity index (χ2v) is 10.0. The molecule has 3 atom stereocenters. The average molecular weight is 489 g/mol. The molecule has 3 aromatic rings. The smallest absolute Gasteiger partial charge is 0.311 e. The molecule has 1 aromatic heterocycles. The third-order valence-electron chi connectivity index (χ3n) is 6.13. The second-order valence-electron chi connectivity index (χ2n) is 10.0. The maximum Gasteiger partial charge on any atom is 0.311 e. The standard InChI is InChI=1S/C30H36N2O4/c1-22(24-14-9-6-10-15-24)32(21-23-12-7-5-8-13-23)28(25-16-11-19-31-20-25)26(17-18-27(33)34)29(35)36-30(2,3)4/h5-16,19-20,22,26,28H,17-18,21H2,1-4H3,(H,33,34)/t22-,26+,28?/m1/s1. The molecule has 0 saturated heterocycles. The maximum atomic E-state index is 13.6. The summed E-state index contributed by atoms with van der Waals surface area (Å²) in [4.78, 5) is 31.9. The number of benzene rings is 2. The van der Waals surface area contributed by atoms with Gasteiger partial charge in [0.05, 0.1) is 12.0 Å². The monoisotopic (exact) mass is 488 g/mol. The summed E-state index contributed by atoms with van der Waals surface area (Å²) in [5.74, 6) is -2.06. The Balaban J connectivity index is 2.15. The van der Waals surface area contributed by atoms with Gasteiger partial charge in [0, 0.05) is 31.4 Å². The highest BCUT2D eigenvalue weighted by Crippen LogP contribution is 2.40. The minimum absolute atomic E-state index is 0.0774. The molecule has 0 amide bonds. The molecule has 0 fully saturated rings. The Bertz CT molecular complexity index is 1100. The number of nitrogens with zero attached hydrogens (tertiary/aromatic N) is 2. The molecule has 3 rings (SSSR count). The fourth-order valence-electron chi connectivity index (χ4n) is 4.46. The topological polar surface area (TPSA) is 79.7 Å². The molecule has 1 unspecified atom stereocenters. The molecule has 6 heteroatoms. The van der Waals surface area contributed by atoms with Gasteiger partial charge in [0.1, 0.15) is 5.60 Å². The normalized spacial score (nSPS) is 14.1. The first-order valence-corrected chi connectivity index (χ1v) is 12.3. The number of carbonyl (C=O) groups excluding carboxylic acids is 1. The molecule has 0 spiro atoms. The minimum Gasteiger partial charge on any atom is -0.481 e. The van der Waals surface area contributed by atoms with Crippen molar-refractivity contribution in [2.24, 2.45) is 5.92 Å². The van der Waals surface area contributed by atoms with Crippen molar-refractivity contribution in [2.75, 3.05) is 0 Å². The Hall–Kier alpha value is -3.51. The van der Waals surface area contributed by atoms with Gasteiger partial charge in [-0.1, -0.05) is 66.7 Å². The van der Waals surface area contributed by atoms with Gasteiger partial charge >= 0.3 is 11.9 Å². The Morgan fingerprint density at radius 3 is 2.11 bits per heavy atom. The van der Waals surface area contributed by atoms with Crippen LogP contribution in [-0.2, 0) is 20.9 Å². The predicted molar refractivity (Wildman–Crippen MR) is 140 cm³/mol. The van der Waals surface area contributed by atoms with Crippen LogP contribution in [0.3, 0.4) is 0 Å². The lowest BCUT2D eigenvalue weighted by atomic mass is 9.86. The number of esters is 1. The van der Waals surface area contributed by atoms with Crippen LogP contribution < -0.4 is 0 Å². The van der Waals surface area contributed by atoms with Crippen LogP contribution in [0, 0.1) is 5.92 Å². The number of aliphatic carboxylic acids is 1. The van der Waals surface area contributed by atoms with Crippen molar-refractivity contribution in [3.63, 3.8) is 0 Å². The number of aromatic nitrogens is 1. The van der Waals surface area contributed by atoms with Crippen LogP contribution in [0.25, 0.3) is 0 Å². The molecular weight excluding hydrogens is 452 g/mol. The quantitative estimate of drug-likeness (QED) is 0.323. The molecule has 0 aliphatic heterocycles. The van der Waals surface area contributed by atoms with Gasteiger partial charge in [-0.25, -0.2) is 0 Å².